The Balaban J connectivity index is 0.00000288. The van der Waals surface area contributed by atoms with Gasteiger partial charge in [-0.15, -0.1) is 25.6 Å². The Hall–Kier alpha value is -2.00. The largest absolute Gasteiger partial charge is 0.573 e. The third kappa shape index (κ3) is 5.00. The molecule has 24 heavy (non-hydrogen) atoms. The van der Waals surface area contributed by atoms with Crippen molar-refractivity contribution in [3.63, 3.8) is 0 Å². The Morgan fingerprint density at radius 3 is 2.71 bits per heavy atom. The van der Waals surface area contributed by atoms with Crippen molar-refractivity contribution in [1.29, 1.82) is 0 Å². The molecule has 2 atom stereocenters. The molecule has 134 valence electrons. The van der Waals surface area contributed by atoms with Gasteiger partial charge in [0.25, 0.3) is 0 Å². The topological polar surface area (TPSA) is 84.7 Å². The molecular weight excluding hydrogens is 351 g/mol. The molecule has 1 aliphatic heterocycles. The van der Waals surface area contributed by atoms with Crippen LogP contribution in [0.1, 0.15) is 13.3 Å². The lowest BCUT2D eigenvalue weighted by atomic mass is 10.2. The highest BCUT2D eigenvalue weighted by molar-refractivity contribution is 6.01. The molecule has 1 aliphatic rings. The smallest absolute Gasteiger partial charge is 0.406 e. The van der Waals surface area contributed by atoms with Gasteiger partial charge in [0.15, 0.2) is 0 Å². The van der Waals surface area contributed by atoms with E-state index in [2.05, 4.69) is 10.1 Å². The molecule has 1 aromatic rings. The number of carbonyl (C=O) groups excluding carboxylic acids is 2. The molecule has 1 saturated heterocycles. The highest BCUT2D eigenvalue weighted by atomic mass is 35.5. The number of halogens is 4. The summed E-state index contributed by atoms with van der Waals surface area (Å²) in [4.78, 5) is 25.1. The summed E-state index contributed by atoms with van der Waals surface area (Å²) < 4.78 is 40.6. The second kappa shape index (κ2) is 7.71. The number of nitrogens with zero attached hydrogens (tertiary/aromatic N) is 1. The predicted molar refractivity (Wildman–Crippen MR) is 82.9 cm³/mol. The van der Waals surface area contributed by atoms with Crippen molar-refractivity contribution in [3.05, 3.63) is 24.3 Å². The van der Waals surface area contributed by atoms with Crippen LogP contribution < -0.4 is 20.7 Å². The summed E-state index contributed by atoms with van der Waals surface area (Å²) in [5.74, 6) is -1.27. The van der Waals surface area contributed by atoms with Gasteiger partial charge >= 0.3 is 6.36 Å². The molecule has 2 rings (SSSR count). The van der Waals surface area contributed by atoms with Crippen LogP contribution in [0.5, 0.6) is 5.75 Å². The lowest BCUT2D eigenvalue weighted by Gasteiger charge is -2.19. The first-order valence-corrected chi connectivity index (χ1v) is 6.90. The molecule has 0 aliphatic carbocycles. The van der Waals surface area contributed by atoms with Crippen LogP contribution in [0.3, 0.4) is 0 Å². The second-order valence-corrected chi connectivity index (χ2v) is 5.17. The summed E-state index contributed by atoms with van der Waals surface area (Å²) >= 11 is 0. The highest BCUT2D eigenvalue weighted by Gasteiger charge is 2.35. The molecule has 10 heteroatoms. The first kappa shape index (κ1) is 20.0. The summed E-state index contributed by atoms with van der Waals surface area (Å²) in [7, 11) is 0. The maximum atomic E-state index is 12.3. The van der Waals surface area contributed by atoms with Gasteiger partial charge in [-0.2, -0.15) is 0 Å². The number of nitrogens with one attached hydrogen (secondary N) is 1. The van der Waals surface area contributed by atoms with Crippen LogP contribution in [-0.4, -0.2) is 36.8 Å². The highest BCUT2D eigenvalue weighted by Crippen LogP contribution is 2.29. The Bertz CT molecular complexity index is 610. The van der Waals surface area contributed by atoms with Crippen LogP contribution in [0.25, 0.3) is 0 Å². The van der Waals surface area contributed by atoms with E-state index in [1.807, 2.05) is 0 Å². The molecule has 0 saturated carbocycles. The number of benzene rings is 1. The SMILES string of the molecule is C[C@@H](N)C(=O)NC1CCN(c2cccc(OC(F)(F)F)c2)C1=O.Cl. The molecule has 0 bridgehead atoms. The minimum absolute atomic E-state index is 0. The molecule has 0 aromatic heterocycles. The fraction of sp³-hybridized carbons (Fsp3) is 0.429. The van der Waals surface area contributed by atoms with E-state index >= 15 is 0 Å². The maximum Gasteiger partial charge on any atom is 0.573 e. The lowest BCUT2D eigenvalue weighted by Crippen LogP contribution is -2.47. The maximum absolute atomic E-state index is 12.3. The number of ether oxygens (including phenoxy) is 1. The van der Waals surface area contributed by atoms with Crippen molar-refractivity contribution in [2.24, 2.45) is 5.73 Å². The molecular formula is C14H17ClF3N3O3. The van der Waals surface area contributed by atoms with E-state index in [1.54, 1.807) is 0 Å². The van der Waals surface area contributed by atoms with Gasteiger partial charge in [-0.05, 0) is 25.5 Å². The molecule has 0 spiro atoms. The third-order valence-corrected chi connectivity index (χ3v) is 3.30. The van der Waals surface area contributed by atoms with E-state index < -0.39 is 36.0 Å². The van der Waals surface area contributed by atoms with Gasteiger partial charge in [0.2, 0.25) is 11.8 Å². The minimum Gasteiger partial charge on any atom is -0.406 e. The second-order valence-electron chi connectivity index (χ2n) is 5.17. The molecule has 6 nitrogen and oxygen atoms in total. The van der Waals surface area contributed by atoms with Crippen molar-refractivity contribution in [1.82, 2.24) is 5.32 Å². The summed E-state index contributed by atoms with van der Waals surface area (Å²) in [6.45, 7) is 1.77. The lowest BCUT2D eigenvalue weighted by molar-refractivity contribution is -0.274. The van der Waals surface area contributed by atoms with E-state index in [1.165, 1.54) is 24.0 Å². The predicted octanol–water partition coefficient (Wildman–Crippen LogP) is 1.58. The average molecular weight is 368 g/mol. The van der Waals surface area contributed by atoms with Crippen LogP contribution in [0.15, 0.2) is 24.3 Å². The number of hydrogen-bond donors (Lipinski definition) is 2. The monoisotopic (exact) mass is 367 g/mol. The molecule has 3 N–H and O–H groups in total. The van der Waals surface area contributed by atoms with Crippen LogP contribution in [0.4, 0.5) is 18.9 Å². The summed E-state index contributed by atoms with van der Waals surface area (Å²) in [6, 6.07) is 3.64. The van der Waals surface area contributed by atoms with Crippen LogP contribution in [0.2, 0.25) is 0 Å². The molecule has 0 radical (unpaired) electrons. The van der Waals surface area contributed by atoms with Gasteiger partial charge in [-0.25, -0.2) is 0 Å². The van der Waals surface area contributed by atoms with Crippen LogP contribution in [-0.2, 0) is 9.59 Å². The normalized spacial score (nSPS) is 18.8. The molecule has 1 aromatic carbocycles. The first-order valence-electron chi connectivity index (χ1n) is 6.90. The summed E-state index contributed by atoms with van der Waals surface area (Å²) in [6.07, 6.45) is -4.46. The minimum atomic E-state index is -4.80. The molecule has 1 fully saturated rings. The van der Waals surface area contributed by atoms with E-state index in [0.717, 1.165) is 12.1 Å². The fourth-order valence-corrected chi connectivity index (χ4v) is 2.22. The van der Waals surface area contributed by atoms with Crippen LogP contribution >= 0.6 is 12.4 Å². The van der Waals surface area contributed by atoms with E-state index in [-0.39, 0.29) is 24.6 Å². The summed E-state index contributed by atoms with van der Waals surface area (Å²) in [5, 5.41) is 2.51. The van der Waals surface area contributed by atoms with Crippen LogP contribution in [0, 0.1) is 0 Å². The zero-order valence-corrected chi connectivity index (χ0v) is 13.5. The number of anilines is 1. The molecule has 1 unspecified atom stereocenters. The Kier molecular flexibility index (Phi) is 6.44. The Morgan fingerprint density at radius 1 is 1.46 bits per heavy atom. The Labute approximate surface area is 142 Å². The van der Waals surface area contributed by atoms with E-state index in [0.29, 0.717) is 6.42 Å². The van der Waals surface area contributed by atoms with Crippen molar-refractivity contribution < 1.29 is 27.5 Å². The van der Waals surface area contributed by atoms with Gasteiger partial charge in [0.05, 0.1) is 6.04 Å². The number of rotatable bonds is 4. The van der Waals surface area contributed by atoms with Crippen molar-refractivity contribution in [2.75, 3.05) is 11.4 Å². The number of amides is 2. The van der Waals surface area contributed by atoms with Crippen molar-refractivity contribution in [3.8, 4) is 5.75 Å². The number of carbonyl (C=O) groups is 2. The van der Waals surface area contributed by atoms with Gasteiger partial charge in [-0.1, -0.05) is 6.07 Å². The van der Waals surface area contributed by atoms with Crippen molar-refractivity contribution >= 4 is 29.9 Å². The number of hydrogen-bond acceptors (Lipinski definition) is 4. The summed E-state index contributed by atoms with van der Waals surface area (Å²) in [5.41, 5.74) is 5.70. The Morgan fingerprint density at radius 2 is 2.12 bits per heavy atom. The average Bonchev–Trinajstić information content (AvgIpc) is 2.78. The molecule has 2 amide bonds. The molecule has 1 heterocycles. The van der Waals surface area contributed by atoms with Gasteiger partial charge < -0.3 is 20.7 Å². The standard InChI is InChI=1S/C14H16F3N3O3.ClH/c1-8(18)12(21)19-11-5-6-20(13(11)22)9-3-2-4-10(7-9)23-14(15,16)17;/h2-4,7-8,11H,5-6,18H2,1H3,(H,19,21);1H/t8-,11?;/m1./s1. The van der Waals surface area contributed by atoms with Gasteiger partial charge in [0.1, 0.15) is 11.8 Å². The zero-order chi connectivity index (χ0) is 17.2. The van der Waals surface area contributed by atoms with Crippen molar-refractivity contribution in [2.45, 2.75) is 31.8 Å². The van der Waals surface area contributed by atoms with E-state index in [4.69, 9.17) is 5.73 Å². The zero-order valence-electron chi connectivity index (χ0n) is 12.7. The fourth-order valence-electron chi connectivity index (χ4n) is 2.22. The number of nitrogens with two attached hydrogens (primary N) is 1. The first-order chi connectivity index (χ1) is 10.7. The third-order valence-electron chi connectivity index (χ3n) is 3.30. The quantitative estimate of drug-likeness (QED) is 0.846. The van der Waals surface area contributed by atoms with Gasteiger partial charge in [0, 0.05) is 18.3 Å². The van der Waals surface area contributed by atoms with Gasteiger partial charge in [-0.3, -0.25) is 9.59 Å². The van der Waals surface area contributed by atoms with E-state index in [9.17, 15) is 22.8 Å². The number of alkyl halides is 3.